The molecule has 0 aliphatic rings. The van der Waals surface area contributed by atoms with Crippen molar-refractivity contribution in [1.82, 2.24) is 5.32 Å². The monoisotopic (exact) mass is 181 g/mol. The first-order valence-corrected chi connectivity index (χ1v) is 3.74. The van der Waals surface area contributed by atoms with Gasteiger partial charge < -0.3 is 5.32 Å². The fourth-order valence-electron chi connectivity index (χ4n) is 0.896. The van der Waals surface area contributed by atoms with Crippen LogP contribution in [0, 0.1) is 0 Å². The molecule has 0 aliphatic heterocycles. The molecule has 0 fully saturated rings. The van der Waals surface area contributed by atoms with Crippen LogP contribution in [0.2, 0.25) is 0 Å². The maximum absolute atomic E-state index is 11.9. The predicted molar refractivity (Wildman–Crippen MR) is 43.0 cm³/mol. The molecule has 0 aromatic heterocycles. The summed E-state index contributed by atoms with van der Waals surface area (Å²) in [7, 11) is 1.52. The zero-order valence-electron chi connectivity index (χ0n) is 7.50. The van der Waals surface area contributed by atoms with Gasteiger partial charge in [-0.05, 0) is 20.9 Å². The van der Waals surface area contributed by atoms with E-state index in [2.05, 4.69) is 5.32 Å². The minimum atomic E-state index is -4.10. The molecule has 0 rings (SSSR count). The summed E-state index contributed by atoms with van der Waals surface area (Å²) in [6, 6.07) is -0.602. The molecule has 1 atom stereocenters. The lowest BCUT2D eigenvalue weighted by molar-refractivity contribution is -0.137. The van der Waals surface area contributed by atoms with Gasteiger partial charge in [0.05, 0.1) is 6.42 Å². The van der Waals surface area contributed by atoms with Gasteiger partial charge in [0.25, 0.3) is 0 Å². The Morgan fingerprint density at radius 1 is 1.42 bits per heavy atom. The Labute approximate surface area is 70.7 Å². The molecule has 0 radical (unpaired) electrons. The van der Waals surface area contributed by atoms with Crippen molar-refractivity contribution in [1.29, 1.82) is 0 Å². The Bertz CT molecular complexity index is 156. The van der Waals surface area contributed by atoms with E-state index in [0.29, 0.717) is 0 Å². The number of halogens is 3. The number of rotatable bonds is 3. The lowest BCUT2D eigenvalue weighted by atomic mass is 10.1. The number of hydrogen-bond acceptors (Lipinski definition) is 1. The third-order valence-corrected chi connectivity index (χ3v) is 1.36. The van der Waals surface area contributed by atoms with Crippen LogP contribution in [0.4, 0.5) is 13.2 Å². The van der Waals surface area contributed by atoms with E-state index < -0.39 is 18.6 Å². The van der Waals surface area contributed by atoms with Gasteiger partial charge in [0, 0.05) is 6.04 Å². The third-order valence-electron chi connectivity index (χ3n) is 1.36. The number of alkyl halides is 3. The van der Waals surface area contributed by atoms with Gasteiger partial charge in [0.2, 0.25) is 0 Å². The molecule has 0 aromatic rings. The van der Waals surface area contributed by atoms with Gasteiger partial charge in [-0.1, -0.05) is 11.6 Å². The van der Waals surface area contributed by atoms with Crippen molar-refractivity contribution >= 4 is 0 Å². The molecule has 0 spiro atoms. The van der Waals surface area contributed by atoms with Crippen LogP contribution in [0.3, 0.4) is 0 Å². The standard InChI is InChI=1S/C8H14F3N/c1-6(2)4-7(12-3)5-8(9,10)11/h4,7,12H,5H2,1-3H3. The number of allylic oxidation sites excluding steroid dienone is 1. The van der Waals surface area contributed by atoms with Gasteiger partial charge in [0.1, 0.15) is 0 Å². The van der Waals surface area contributed by atoms with Crippen LogP contribution in [-0.4, -0.2) is 19.3 Å². The first-order chi connectivity index (χ1) is 5.35. The van der Waals surface area contributed by atoms with Crippen molar-refractivity contribution in [3.8, 4) is 0 Å². The number of hydrogen-bond donors (Lipinski definition) is 1. The molecule has 0 amide bonds. The van der Waals surface area contributed by atoms with E-state index in [9.17, 15) is 13.2 Å². The first-order valence-electron chi connectivity index (χ1n) is 3.74. The topological polar surface area (TPSA) is 12.0 Å². The Hall–Kier alpha value is -0.510. The third kappa shape index (κ3) is 6.22. The fourth-order valence-corrected chi connectivity index (χ4v) is 0.896. The second kappa shape index (κ2) is 4.50. The van der Waals surface area contributed by atoms with Crippen LogP contribution >= 0.6 is 0 Å². The molecule has 12 heavy (non-hydrogen) atoms. The second-order valence-corrected chi connectivity index (χ2v) is 2.96. The summed E-state index contributed by atoms with van der Waals surface area (Å²) < 4.78 is 35.6. The minimum absolute atomic E-state index is 0.602. The molecular formula is C8H14F3N. The number of likely N-dealkylation sites (N-methyl/N-ethyl adjacent to an activating group) is 1. The van der Waals surface area contributed by atoms with Gasteiger partial charge in [-0.3, -0.25) is 0 Å². The van der Waals surface area contributed by atoms with Crippen LogP contribution in [0.25, 0.3) is 0 Å². The quantitative estimate of drug-likeness (QED) is 0.659. The normalized spacial score (nSPS) is 14.2. The molecule has 1 nitrogen and oxygen atoms in total. The highest BCUT2D eigenvalue weighted by atomic mass is 19.4. The Morgan fingerprint density at radius 3 is 2.17 bits per heavy atom. The van der Waals surface area contributed by atoms with Crippen LogP contribution in [0.5, 0.6) is 0 Å². The lowest BCUT2D eigenvalue weighted by Gasteiger charge is -2.14. The minimum Gasteiger partial charge on any atom is -0.313 e. The molecule has 0 saturated carbocycles. The summed E-state index contributed by atoms with van der Waals surface area (Å²) in [5, 5.41) is 2.59. The van der Waals surface area contributed by atoms with Gasteiger partial charge in [-0.2, -0.15) is 13.2 Å². The largest absolute Gasteiger partial charge is 0.390 e. The summed E-state index contributed by atoms with van der Waals surface area (Å²) in [6.07, 6.45) is -3.33. The van der Waals surface area contributed by atoms with E-state index in [1.807, 2.05) is 0 Å². The van der Waals surface area contributed by atoms with Crippen molar-refractivity contribution in [2.45, 2.75) is 32.5 Å². The van der Waals surface area contributed by atoms with Crippen molar-refractivity contribution in [2.24, 2.45) is 0 Å². The molecule has 4 heteroatoms. The number of nitrogens with one attached hydrogen (secondary N) is 1. The molecule has 0 bridgehead atoms. The summed E-state index contributed by atoms with van der Waals surface area (Å²) in [5.74, 6) is 0. The molecule has 0 saturated heterocycles. The summed E-state index contributed by atoms with van der Waals surface area (Å²) in [6.45, 7) is 3.56. The van der Waals surface area contributed by atoms with Gasteiger partial charge >= 0.3 is 6.18 Å². The highest BCUT2D eigenvalue weighted by Crippen LogP contribution is 2.22. The van der Waals surface area contributed by atoms with Crippen molar-refractivity contribution in [3.63, 3.8) is 0 Å². The van der Waals surface area contributed by atoms with Gasteiger partial charge in [-0.15, -0.1) is 0 Å². The highest BCUT2D eigenvalue weighted by molar-refractivity contribution is 5.01. The van der Waals surface area contributed by atoms with Crippen LogP contribution in [0.1, 0.15) is 20.3 Å². The van der Waals surface area contributed by atoms with Gasteiger partial charge in [0.15, 0.2) is 0 Å². The fraction of sp³-hybridized carbons (Fsp3) is 0.750. The average Bonchev–Trinajstić information content (AvgIpc) is 1.82. The van der Waals surface area contributed by atoms with Crippen molar-refractivity contribution in [2.75, 3.05) is 7.05 Å². The molecule has 1 unspecified atom stereocenters. The van der Waals surface area contributed by atoms with Crippen LogP contribution in [-0.2, 0) is 0 Å². The SMILES string of the molecule is CNC(C=C(C)C)CC(F)(F)F. The molecule has 0 aliphatic carbocycles. The summed E-state index contributed by atoms with van der Waals surface area (Å²) >= 11 is 0. The molecule has 0 heterocycles. The molecule has 72 valence electrons. The maximum atomic E-state index is 11.9. The van der Waals surface area contributed by atoms with E-state index in [4.69, 9.17) is 0 Å². The van der Waals surface area contributed by atoms with E-state index >= 15 is 0 Å². The van der Waals surface area contributed by atoms with E-state index in [1.54, 1.807) is 19.9 Å². The first kappa shape index (κ1) is 11.5. The average molecular weight is 181 g/mol. The van der Waals surface area contributed by atoms with E-state index in [-0.39, 0.29) is 0 Å². The van der Waals surface area contributed by atoms with Gasteiger partial charge in [-0.25, -0.2) is 0 Å². The Kier molecular flexibility index (Phi) is 4.31. The predicted octanol–water partition coefficient (Wildman–Crippen LogP) is 2.49. The maximum Gasteiger partial charge on any atom is 0.390 e. The van der Waals surface area contributed by atoms with Crippen molar-refractivity contribution in [3.05, 3.63) is 11.6 Å². The Morgan fingerprint density at radius 2 is 1.92 bits per heavy atom. The second-order valence-electron chi connectivity index (χ2n) is 2.96. The zero-order valence-corrected chi connectivity index (χ0v) is 7.50. The van der Waals surface area contributed by atoms with E-state index in [0.717, 1.165) is 5.57 Å². The molecule has 0 aromatic carbocycles. The Balaban J connectivity index is 4.10. The smallest absolute Gasteiger partial charge is 0.313 e. The molecule has 1 N–H and O–H groups in total. The van der Waals surface area contributed by atoms with Crippen molar-refractivity contribution < 1.29 is 13.2 Å². The summed E-state index contributed by atoms with van der Waals surface area (Å²) in [5.41, 5.74) is 0.888. The van der Waals surface area contributed by atoms with Crippen LogP contribution < -0.4 is 5.32 Å². The highest BCUT2D eigenvalue weighted by Gasteiger charge is 2.30. The van der Waals surface area contributed by atoms with Crippen LogP contribution in [0.15, 0.2) is 11.6 Å². The zero-order chi connectivity index (χ0) is 9.78. The lowest BCUT2D eigenvalue weighted by Crippen LogP contribution is -2.29. The van der Waals surface area contributed by atoms with E-state index in [1.165, 1.54) is 7.05 Å². The molecular weight excluding hydrogens is 167 g/mol. The summed E-state index contributed by atoms with van der Waals surface area (Å²) in [4.78, 5) is 0.